The summed E-state index contributed by atoms with van der Waals surface area (Å²) in [5, 5.41) is 7.23. The summed E-state index contributed by atoms with van der Waals surface area (Å²) >= 11 is 0. The van der Waals surface area contributed by atoms with Gasteiger partial charge in [-0.2, -0.15) is 5.10 Å². The average molecular weight is 419 g/mol. The van der Waals surface area contributed by atoms with Crippen molar-refractivity contribution < 1.29 is 14.3 Å². The Morgan fingerprint density at radius 3 is 2.87 bits per heavy atom. The number of para-hydroxylation sites is 1. The standard InChI is InChI=1S/C23H25N5O3/c1-31-19-6-4-5-17(13-19)14-27-12-11-18(9-10-22(27)29)26-23(30)20-7-2-3-8-21(20)28-16-24-15-25-28/h2-8,13,15-16,18H,9-12,14H2,1H3,(H,26,30). The Labute approximate surface area is 180 Å². The molecule has 8 heteroatoms. The third-order valence-electron chi connectivity index (χ3n) is 5.46. The maximum atomic E-state index is 13.0. The van der Waals surface area contributed by atoms with Crippen molar-refractivity contribution in [1.82, 2.24) is 25.0 Å². The second kappa shape index (κ2) is 9.42. The second-order valence-electron chi connectivity index (χ2n) is 7.52. The fourth-order valence-electron chi connectivity index (χ4n) is 3.80. The zero-order valence-corrected chi connectivity index (χ0v) is 17.4. The van der Waals surface area contributed by atoms with Crippen molar-refractivity contribution >= 4 is 11.8 Å². The van der Waals surface area contributed by atoms with E-state index in [0.29, 0.717) is 43.6 Å². The fourth-order valence-corrected chi connectivity index (χ4v) is 3.80. The maximum Gasteiger partial charge on any atom is 0.253 e. The molecule has 8 nitrogen and oxygen atoms in total. The molecule has 0 radical (unpaired) electrons. The molecule has 160 valence electrons. The Hall–Kier alpha value is -3.68. The molecule has 0 bridgehead atoms. The molecule has 2 amide bonds. The summed E-state index contributed by atoms with van der Waals surface area (Å²) in [7, 11) is 1.63. The average Bonchev–Trinajstić information content (AvgIpc) is 3.29. The van der Waals surface area contributed by atoms with Crippen LogP contribution in [0.1, 0.15) is 35.2 Å². The number of amides is 2. The minimum Gasteiger partial charge on any atom is -0.497 e. The molecule has 1 unspecified atom stereocenters. The van der Waals surface area contributed by atoms with Crippen LogP contribution in [0, 0.1) is 0 Å². The van der Waals surface area contributed by atoms with Gasteiger partial charge in [0.25, 0.3) is 5.91 Å². The van der Waals surface area contributed by atoms with E-state index in [1.807, 2.05) is 47.4 Å². The van der Waals surface area contributed by atoms with Crippen molar-refractivity contribution in [1.29, 1.82) is 0 Å². The molecule has 1 N–H and O–H groups in total. The molecule has 1 aromatic heterocycles. The summed E-state index contributed by atoms with van der Waals surface area (Å²) in [6, 6.07) is 14.9. The molecule has 2 aromatic carbocycles. The highest BCUT2D eigenvalue weighted by Gasteiger charge is 2.25. The molecule has 2 heterocycles. The van der Waals surface area contributed by atoms with Crippen LogP contribution in [-0.2, 0) is 11.3 Å². The molecule has 1 atom stereocenters. The zero-order chi connectivity index (χ0) is 21.6. The lowest BCUT2D eigenvalue weighted by molar-refractivity contribution is -0.131. The quantitative estimate of drug-likeness (QED) is 0.663. The summed E-state index contributed by atoms with van der Waals surface area (Å²) in [5.41, 5.74) is 2.22. The van der Waals surface area contributed by atoms with Gasteiger partial charge in [-0.05, 0) is 42.7 Å². The molecule has 4 rings (SSSR count). The summed E-state index contributed by atoms with van der Waals surface area (Å²) in [6.07, 6.45) is 4.71. The highest BCUT2D eigenvalue weighted by Crippen LogP contribution is 2.19. The van der Waals surface area contributed by atoms with Gasteiger partial charge in [-0.15, -0.1) is 0 Å². The van der Waals surface area contributed by atoms with Crippen LogP contribution in [0.3, 0.4) is 0 Å². The molecule has 1 aliphatic rings. The van der Waals surface area contributed by atoms with E-state index in [0.717, 1.165) is 11.3 Å². The number of carbonyl (C=O) groups is 2. The minimum absolute atomic E-state index is 0.0736. The Balaban J connectivity index is 1.41. The van der Waals surface area contributed by atoms with Gasteiger partial charge in [0, 0.05) is 25.6 Å². The van der Waals surface area contributed by atoms with Gasteiger partial charge < -0.3 is 15.0 Å². The van der Waals surface area contributed by atoms with Crippen molar-refractivity contribution in [3.05, 3.63) is 72.3 Å². The lowest BCUT2D eigenvalue weighted by Crippen LogP contribution is -2.36. The number of hydrogen-bond acceptors (Lipinski definition) is 5. The highest BCUT2D eigenvalue weighted by molar-refractivity contribution is 5.98. The predicted octanol–water partition coefficient (Wildman–Crippen LogP) is 2.59. The van der Waals surface area contributed by atoms with Crippen LogP contribution < -0.4 is 10.1 Å². The molecule has 31 heavy (non-hydrogen) atoms. The van der Waals surface area contributed by atoms with Crippen molar-refractivity contribution in [2.45, 2.75) is 31.8 Å². The van der Waals surface area contributed by atoms with Gasteiger partial charge in [-0.25, -0.2) is 9.67 Å². The monoisotopic (exact) mass is 419 g/mol. The number of likely N-dealkylation sites (tertiary alicyclic amines) is 1. The second-order valence-corrected chi connectivity index (χ2v) is 7.52. The number of aromatic nitrogens is 3. The van der Waals surface area contributed by atoms with E-state index in [9.17, 15) is 9.59 Å². The van der Waals surface area contributed by atoms with Gasteiger partial charge >= 0.3 is 0 Å². The fraction of sp³-hybridized carbons (Fsp3) is 0.304. The van der Waals surface area contributed by atoms with Crippen LogP contribution in [0.2, 0.25) is 0 Å². The Morgan fingerprint density at radius 2 is 2.06 bits per heavy atom. The van der Waals surface area contributed by atoms with Gasteiger partial charge in [0.15, 0.2) is 0 Å². The van der Waals surface area contributed by atoms with E-state index in [1.54, 1.807) is 24.2 Å². The highest BCUT2D eigenvalue weighted by atomic mass is 16.5. The van der Waals surface area contributed by atoms with Crippen LogP contribution in [-0.4, -0.2) is 51.2 Å². The van der Waals surface area contributed by atoms with Gasteiger partial charge in [0.05, 0.1) is 18.4 Å². The first-order valence-electron chi connectivity index (χ1n) is 10.3. The third kappa shape index (κ3) is 4.91. The van der Waals surface area contributed by atoms with Crippen LogP contribution in [0.15, 0.2) is 61.2 Å². The lowest BCUT2D eigenvalue weighted by atomic mass is 10.1. The van der Waals surface area contributed by atoms with Crippen molar-refractivity contribution in [3.8, 4) is 11.4 Å². The number of nitrogens with zero attached hydrogens (tertiary/aromatic N) is 4. The molecule has 0 saturated carbocycles. The van der Waals surface area contributed by atoms with E-state index in [2.05, 4.69) is 15.4 Å². The van der Waals surface area contributed by atoms with E-state index in [1.165, 1.54) is 6.33 Å². The Morgan fingerprint density at radius 1 is 1.19 bits per heavy atom. The van der Waals surface area contributed by atoms with Crippen LogP contribution in [0.4, 0.5) is 0 Å². The molecule has 1 saturated heterocycles. The summed E-state index contributed by atoms with van der Waals surface area (Å²) < 4.78 is 6.84. The SMILES string of the molecule is COc1cccc(CN2CCC(NC(=O)c3ccccc3-n3cncn3)CCC2=O)c1. The van der Waals surface area contributed by atoms with E-state index < -0.39 is 0 Å². The van der Waals surface area contributed by atoms with Gasteiger partial charge in [0.2, 0.25) is 5.91 Å². The van der Waals surface area contributed by atoms with Crippen molar-refractivity contribution in [2.24, 2.45) is 0 Å². The zero-order valence-electron chi connectivity index (χ0n) is 17.4. The number of nitrogens with one attached hydrogen (secondary N) is 1. The summed E-state index contributed by atoms with van der Waals surface area (Å²) in [4.78, 5) is 31.4. The van der Waals surface area contributed by atoms with Gasteiger partial charge in [-0.3, -0.25) is 9.59 Å². The van der Waals surface area contributed by atoms with E-state index >= 15 is 0 Å². The number of ether oxygens (including phenoxy) is 1. The number of benzene rings is 2. The summed E-state index contributed by atoms with van der Waals surface area (Å²) in [6.45, 7) is 1.12. The normalized spacial score (nSPS) is 16.6. The maximum absolute atomic E-state index is 13.0. The van der Waals surface area contributed by atoms with Crippen LogP contribution in [0.5, 0.6) is 5.75 Å². The topological polar surface area (TPSA) is 89.3 Å². The molecule has 1 aliphatic heterocycles. The first-order valence-corrected chi connectivity index (χ1v) is 10.3. The first-order chi connectivity index (χ1) is 15.1. The molecular formula is C23H25N5O3. The Bertz CT molecular complexity index is 1050. The van der Waals surface area contributed by atoms with E-state index in [-0.39, 0.29) is 17.9 Å². The minimum atomic E-state index is -0.176. The molecule has 1 fully saturated rings. The Kier molecular flexibility index (Phi) is 6.26. The predicted molar refractivity (Wildman–Crippen MR) is 115 cm³/mol. The van der Waals surface area contributed by atoms with Crippen molar-refractivity contribution in [3.63, 3.8) is 0 Å². The molecular weight excluding hydrogens is 394 g/mol. The lowest BCUT2D eigenvalue weighted by Gasteiger charge is -2.21. The van der Waals surface area contributed by atoms with Gasteiger partial charge in [-0.1, -0.05) is 24.3 Å². The largest absolute Gasteiger partial charge is 0.497 e. The number of hydrogen-bond donors (Lipinski definition) is 1. The van der Waals surface area contributed by atoms with Crippen LogP contribution >= 0.6 is 0 Å². The molecule has 0 aliphatic carbocycles. The third-order valence-corrected chi connectivity index (χ3v) is 5.46. The molecule has 3 aromatic rings. The first kappa shape index (κ1) is 20.6. The number of methoxy groups -OCH3 is 1. The van der Waals surface area contributed by atoms with Crippen molar-refractivity contribution in [2.75, 3.05) is 13.7 Å². The van der Waals surface area contributed by atoms with Gasteiger partial charge in [0.1, 0.15) is 18.4 Å². The smallest absolute Gasteiger partial charge is 0.253 e. The number of rotatable bonds is 6. The number of carbonyl (C=O) groups excluding carboxylic acids is 2. The summed E-state index contributed by atoms with van der Waals surface area (Å²) in [5.74, 6) is 0.698. The van der Waals surface area contributed by atoms with E-state index in [4.69, 9.17) is 4.74 Å². The van der Waals surface area contributed by atoms with Crippen LogP contribution in [0.25, 0.3) is 5.69 Å². The molecule has 0 spiro atoms.